The molecule has 0 aliphatic rings. The van der Waals surface area contributed by atoms with Crippen molar-refractivity contribution in [3.8, 4) is 5.75 Å². The van der Waals surface area contributed by atoms with E-state index in [9.17, 15) is 14.3 Å². The van der Waals surface area contributed by atoms with Crippen LogP contribution >= 0.6 is 11.6 Å². The second-order valence-electron chi connectivity index (χ2n) is 8.40. The Morgan fingerprint density at radius 2 is 1.86 bits per heavy atom. The molecule has 0 bridgehead atoms. The summed E-state index contributed by atoms with van der Waals surface area (Å²) < 4.78 is 21.1. The Bertz CT molecular complexity index is 1590. The molecule has 5 rings (SSSR count). The molecule has 9 heteroatoms. The van der Waals surface area contributed by atoms with Gasteiger partial charge >= 0.3 is 5.97 Å². The van der Waals surface area contributed by atoms with Crippen LogP contribution in [0.4, 0.5) is 15.9 Å². The van der Waals surface area contributed by atoms with Gasteiger partial charge in [-0.25, -0.2) is 19.2 Å². The van der Waals surface area contributed by atoms with E-state index >= 15 is 0 Å². The van der Waals surface area contributed by atoms with Crippen molar-refractivity contribution in [1.82, 2.24) is 14.5 Å². The van der Waals surface area contributed by atoms with Gasteiger partial charge in [-0.1, -0.05) is 35.9 Å². The normalized spacial score (nSPS) is 11.0. The number of nitrogens with one attached hydrogen (secondary N) is 1. The van der Waals surface area contributed by atoms with E-state index < -0.39 is 5.97 Å². The fourth-order valence-electron chi connectivity index (χ4n) is 4.06. The molecule has 5 aromatic rings. The van der Waals surface area contributed by atoms with Crippen LogP contribution in [0.5, 0.6) is 5.75 Å². The van der Waals surface area contributed by atoms with Crippen LogP contribution in [0.1, 0.15) is 21.5 Å². The van der Waals surface area contributed by atoms with Gasteiger partial charge in [0.1, 0.15) is 23.4 Å². The van der Waals surface area contributed by atoms with Gasteiger partial charge < -0.3 is 19.7 Å². The zero-order chi connectivity index (χ0) is 25.8. The Morgan fingerprint density at radius 3 is 2.68 bits per heavy atom. The third-order valence-corrected chi connectivity index (χ3v) is 6.10. The minimum Gasteiger partial charge on any atom is -0.492 e. The van der Waals surface area contributed by atoms with Gasteiger partial charge in [-0.05, 0) is 59.7 Å². The number of nitrogens with zero attached hydrogens (tertiary/aromatic N) is 3. The van der Waals surface area contributed by atoms with Crippen LogP contribution in [-0.4, -0.2) is 32.2 Å². The van der Waals surface area contributed by atoms with Crippen molar-refractivity contribution >= 4 is 40.1 Å². The number of carboxylic acids is 1. The summed E-state index contributed by atoms with van der Waals surface area (Å²) in [5, 5.41) is 13.0. The zero-order valence-corrected chi connectivity index (χ0v) is 20.3. The molecule has 0 unspecified atom stereocenters. The van der Waals surface area contributed by atoms with Gasteiger partial charge in [0.15, 0.2) is 5.82 Å². The maximum absolute atomic E-state index is 13.4. The molecule has 0 saturated carbocycles. The van der Waals surface area contributed by atoms with Crippen molar-refractivity contribution in [3.63, 3.8) is 0 Å². The number of carbonyl (C=O) groups is 1. The summed E-state index contributed by atoms with van der Waals surface area (Å²) in [7, 11) is 0. The monoisotopic (exact) mass is 516 g/mol. The molecule has 0 aliphatic heterocycles. The number of aromatic carboxylic acids is 1. The van der Waals surface area contributed by atoms with E-state index in [1.54, 1.807) is 36.4 Å². The van der Waals surface area contributed by atoms with Gasteiger partial charge in [0, 0.05) is 24.8 Å². The lowest BCUT2D eigenvalue weighted by atomic mass is 10.1. The van der Waals surface area contributed by atoms with E-state index in [1.807, 2.05) is 35.0 Å². The fraction of sp³-hybridized carbons (Fsp3) is 0.107. The number of carboxylic acid groups (broad SMARTS) is 1. The van der Waals surface area contributed by atoms with Crippen molar-refractivity contribution in [3.05, 3.63) is 113 Å². The molecule has 0 atom stereocenters. The number of aromatic nitrogens is 3. The Balaban J connectivity index is 1.32. The average molecular weight is 517 g/mol. The lowest BCUT2D eigenvalue weighted by Gasteiger charge is -2.13. The second-order valence-corrected chi connectivity index (χ2v) is 8.81. The molecule has 2 N–H and O–H groups in total. The van der Waals surface area contributed by atoms with Crippen LogP contribution in [-0.2, 0) is 13.0 Å². The zero-order valence-electron chi connectivity index (χ0n) is 19.6. The first kappa shape index (κ1) is 24.3. The van der Waals surface area contributed by atoms with E-state index in [-0.39, 0.29) is 11.4 Å². The third kappa shape index (κ3) is 5.70. The molecule has 2 aromatic heterocycles. The maximum atomic E-state index is 13.4. The molecule has 0 amide bonds. The van der Waals surface area contributed by atoms with Gasteiger partial charge in [0.05, 0.1) is 22.7 Å². The number of ether oxygens (including phenoxy) is 1. The SMILES string of the molecule is O=C(O)c1cccc(Cn2ccc3ncnc(Nc4ccc(OCCc5cccc(F)c5)c(Cl)c4)c32)c1. The highest BCUT2D eigenvalue weighted by atomic mass is 35.5. The van der Waals surface area contributed by atoms with E-state index in [0.717, 1.165) is 22.2 Å². The van der Waals surface area contributed by atoms with Crippen LogP contribution in [0.3, 0.4) is 0 Å². The minimum absolute atomic E-state index is 0.233. The summed E-state index contributed by atoms with van der Waals surface area (Å²) in [4.78, 5) is 20.1. The molecule has 0 saturated heterocycles. The highest BCUT2D eigenvalue weighted by Crippen LogP contribution is 2.31. The number of fused-ring (bicyclic) bond motifs is 1. The standard InChI is InChI=1S/C28H22ClFN4O3/c29-23-15-22(7-8-25(23)37-12-10-18-3-2-6-21(30)14-18)33-27-26-24(31-17-32-27)9-11-34(26)16-19-4-1-5-20(13-19)28(35)36/h1-9,11,13-15,17H,10,12,16H2,(H,35,36)(H,31,32,33). The van der Waals surface area contributed by atoms with Crippen molar-refractivity contribution < 1.29 is 19.0 Å². The predicted molar refractivity (Wildman–Crippen MR) is 140 cm³/mol. The van der Waals surface area contributed by atoms with E-state index in [2.05, 4.69) is 15.3 Å². The van der Waals surface area contributed by atoms with Gasteiger partial charge in [-0.2, -0.15) is 0 Å². The summed E-state index contributed by atoms with van der Waals surface area (Å²) in [6, 6.07) is 20.5. The summed E-state index contributed by atoms with van der Waals surface area (Å²) >= 11 is 6.47. The molecule has 186 valence electrons. The van der Waals surface area contributed by atoms with E-state index in [1.165, 1.54) is 18.5 Å². The Labute approximate surface area is 217 Å². The number of halogens is 2. The van der Waals surface area contributed by atoms with Crippen molar-refractivity contribution in [2.75, 3.05) is 11.9 Å². The molecule has 0 radical (unpaired) electrons. The second kappa shape index (κ2) is 10.7. The topological polar surface area (TPSA) is 89.3 Å². The first-order valence-electron chi connectivity index (χ1n) is 11.5. The molecular formula is C28H22ClFN4O3. The molecular weight excluding hydrogens is 495 g/mol. The molecule has 37 heavy (non-hydrogen) atoms. The summed E-state index contributed by atoms with van der Waals surface area (Å²) in [6.45, 7) is 0.810. The van der Waals surface area contributed by atoms with Crippen LogP contribution in [0, 0.1) is 5.82 Å². The smallest absolute Gasteiger partial charge is 0.335 e. The van der Waals surface area contributed by atoms with Gasteiger partial charge in [-0.15, -0.1) is 0 Å². The average Bonchev–Trinajstić information content (AvgIpc) is 3.29. The van der Waals surface area contributed by atoms with Crippen LogP contribution in [0.2, 0.25) is 5.02 Å². The fourth-order valence-corrected chi connectivity index (χ4v) is 4.29. The van der Waals surface area contributed by atoms with Crippen molar-refractivity contribution in [1.29, 1.82) is 0 Å². The molecule has 7 nitrogen and oxygen atoms in total. The Morgan fingerprint density at radius 1 is 1.03 bits per heavy atom. The van der Waals surface area contributed by atoms with Crippen LogP contribution in [0.15, 0.2) is 85.3 Å². The number of rotatable bonds is 9. The Kier molecular flexibility index (Phi) is 7.00. The number of anilines is 2. The first-order valence-corrected chi connectivity index (χ1v) is 11.9. The number of hydrogen-bond donors (Lipinski definition) is 2. The molecule has 0 aliphatic carbocycles. The van der Waals surface area contributed by atoms with E-state index in [0.29, 0.717) is 41.8 Å². The summed E-state index contributed by atoms with van der Waals surface area (Å²) in [6.07, 6.45) is 3.92. The number of benzene rings is 3. The first-order chi connectivity index (χ1) is 18.0. The van der Waals surface area contributed by atoms with Gasteiger partial charge in [0.2, 0.25) is 0 Å². The minimum atomic E-state index is -0.969. The predicted octanol–water partition coefficient (Wildman–Crippen LogP) is 6.34. The van der Waals surface area contributed by atoms with Crippen molar-refractivity contribution in [2.24, 2.45) is 0 Å². The van der Waals surface area contributed by atoms with Gasteiger partial charge in [0.25, 0.3) is 0 Å². The Hall–Kier alpha value is -4.43. The third-order valence-electron chi connectivity index (χ3n) is 5.81. The molecule has 2 heterocycles. The summed E-state index contributed by atoms with van der Waals surface area (Å²) in [5.74, 6) is -0.133. The lowest BCUT2D eigenvalue weighted by molar-refractivity contribution is 0.0696. The largest absolute Gasteiger partial charge is 0.492 e. The lowest BCUT2D eigenvalue weighted by Crippen LogP contribution is -2.04. The van der Waals surface area contributed by atoms with Gasteiger partial charge in [-0.3, -0.25) is 0 Å². The highest BCUT2D eigenvalue weighted by Gasteiger charge is 2.12. The highest BCUT2D eigenvalue weighted by molar-refractivity contribution is 6.32. The van der Waals surface area contributed by atoms with E-state index in [4.69, 9.17) is 16.3 Å². The van der Waals surface area contributed by atoms with Crippen molar-refractivity contribution in [2.45, 2.75) is 13.0 Å². The quantitative estimate of drug-likeness (QED) is 0.238. The summed E-state index contributed by atoms with van der Waals surface area (Å²) in [5.41, 5.74) is 4.15. The van der Waals surface area contributed by atoms with Crippen LogP contribution in [0.25, 0.3) is 11.0 Å². The van der Waals surface area contributed by atoms with Crippen LogP contribution < -0.4 is 10.1 Å². The molecule has 0 spiro atoms. The molecule has 3 aromatic carbocycles. The number of hydrogen-bond acceptors (Lipinski definition) is 5. The molecule has 0 fully saturated rings. The maximum Gasteiger partial charge on any atom is 0.335 e.